The average Bonchev–Trinajstić information content (AvgIpc) is 2.74. The fourth-order valence-electron chi connectivity index (χ4n) is 3.41. The van der Waals surface area contributed by atoms with E-state index in [1.54, 1.807) is 11.0 Å². The molecule has 0 aliphatic heterocycles. The molecule has 2 amide bonds. The Hall–Kier alpha value is -3.02. The van der Waals surface area contributed by atoms with Gasteiger partial charge in [-0.25, -0.2) is 9.59 Å². The van der Waals surface area contributed by atoms with Gasteiger partial charge in [-0.2, -0.15) is 0 Å². The summed E-state index contributed by atoms with van der Waals surface area (Å²) in [4.78, 5) is 27.0. The Morgan fingerprint density at radius 2 is 1.84 bits per heavy atom. The maximum absolute atomic E-state index is 12.9. The molecule has 0 spiro atoms. The second-order valence-electron chi connectivity index (χ2n) is 9.02. The van der Waals surface area contributed by atoms with Crippen LogP contribution in [0.3, 0.4) is 0 Å². The number of carbonyl (C=O) groups is 2. The number of amides is 2. The third-order valence-electron chi connectivity index (χ3n) is 5.27. The monoisotopic (exact) mass is 440 g/mol. The van der Waals surface area contributed by atoms with Crippen LogP contribution in [0.4, 0.5) is 9.59 Å². The lowest BCUT2D eigenvalue weighted by molar-refractivity contribution is 0.0458. The third kappa shape index (κ3) is 7.59. The number of alkyl carbamates (subject to hydrolysis) is 1. The van der Waals surface area contributed by atoms with E-state index in [9.17, 15) is 9.59 Å². The smallest absolute Gasteiger partial charge is 0.410 e. The van der Waals surface area contributed by atoms with E-state index in [1.165, 1.54) is 0 Å². The van der Waals surface area contributed by atoms with Crippen molar-refractivity contribution in [3.63, 3.8) is 0 Å². The normalized spacial score (nSPS) is 13.2. The topological polar surface area (TPSA) is 67.9 Å². The first-order valence-electron chi connectivity index (χ1n) is 11.1. The largest absolute Gasteiger partial charge is 0.445 e. The molecule has 0 aliphatic carbocycles. The molecule has 0 saturated heterocycles. The summed E-state index contributed by atoms with van der Waals surface area (Å²) in [6.07, 6.45) is 1.44. The molecule has 2 aromatic rings. The van der Waals surface area contributed by atoms with E-state index < -0.39 is 17.8 Å². The highest BCUT2D eigenvalue weighted by molar-refractivity contribution is 5.86. The molecule has 2 aromatic carbocycles. The van der Waals surface area contributed by atoms with Gasteiger partial charge in [0.05, 0.1) is 6.04 Å². The zero-order valence-electron chi connectivity index (χ0n) is 19.9. The predicted octanol–water partition coefficient (Wildman–Crippen LogP) is 5.90. The second kappa shape index (κ2) is 11.6. The molecule has 0 aliphatic rings. The summed E-state index contributed by atoms with van der Waals surface area (Å²) in [6, 6.07) is 13.8. The number of fused-ring (bicyclic) bond motifs is 1. The predicted molar refractivity (Wildman–Crippen MR) is 129 cm³/mol. The molecule has 32 heavy (non-hydrogen) atoms. The molecule has 0 fully saturated rings. The van der Waals surface area contributed by atoms with Crippen molar-refractivity contribution in [2.24, 2.45) is 5.92 Å². The molecule has 0 bridgehead atoms. The summed E-state index contributed by atoms with van der Waals surface area (Å²) < 4.78 is 10.8. The van der Waals surface area contributed by atoms with E-state index in [0.29, 0.717) is 13.1 Å². The van der Waals surface area contributed by atoms with Gasteiger partial charge < -0.3 is 19.7 Å². The van der Waals surface area contributed by atoms with Gasteiger partial charge in [0.1, 0.15) is 12.2 Å². The van der Waals surface area contributed by atoms with Crippen LogP contribution in [0.15, 0.2) is 55.1 Å². The Morgan fingerprint density at radius 1 is 1.16 bits per heavy atom. The van der Waals surface area contributed by atoms with Crippen LogP contribution in [0.2, 0.25) is 0 Å². The van der Waals surface area contributed by atoms with Crippen molar-refractivity contribution in [1.29, 1.82) is 0 Å². The Labute approximate surface area is 191 Å². The Kier molecular flexibility index (Phi) is 9.12. The SMILES string of the molecule is C=CCOC(=O)N(Cc1cccc2ccccc12)CC(NC(=O)OC(C)(C)C)C(C)CC. The highest BCUT2D eigenvalue weighted by Gasteiger charge is 2.27. The minimum Gasteiger partial charge on any atom is -0.445 e. The van der Waals surface area contributed by atoms with E-state index in [1.807, 2.05) is 70.2 Å². The van der Waals surface area contributed by atoms with Crippen molar-refractivity contribution in [1.82, 2.24) is 10.2 Å². The summed E-state index contributed by atoms with van der Waals surface area (Å²) >= 11 is 0. The molecule has 2 unspecified atom stereocenters. The fraction of sp³-hybridized carbons (Fsp3) is 0.462. The summed E-state index contributed by atoms with van der Waals surface area (Å²) in [7, 11) is 0. The molecular formula is C26H36N2O4. The van der Waals surface area contributed by atoms with Gasteiger partial charge in [0.15, 0.2) is 0 Å². The van der Waals surface area contributed by atoms with Crippen LogP contribution in [0.1, 0.15) is 46.6 Å². The maximum atomic E-state index is 12.9. The lowest BCUT2D eigenvalue weighted by Gasteiger charge is -2.32. The van der Waals surface area contributed by atoms with Gasteiger partial charge in [-0.15, -0.1) is 0 Å². The molecule has 1 N–H and O–H groups in total. The quantitative estimate of drug-likeness (QED) is 0.493. The zero-order chi connectivity index (χ0) is 23.7. The number of benzene rings is 2. The van der Waals surface area contributed by atoms with E-state index in [-0.39, 0.29) is 18.6 Å². The van der Waals surface area contributed by atoms with Gasteiger partial charge in [0.2, 0.25) is 0 Å². The lowest BCUT2D eigenvalue weighted by atomic mass is 9.98. The molecule has 174 valence electrons. The Bertz CT molecular complexity index is 914. The molecule has 0 radical (unpaired) electrons. The first kappa shape index (κ1) is 25.2. The van der Waals surface area contributed by atoms with Crippen LogP contribution in [0.25, 0.3) is 10.8 Å². The number of carbonyl (C=O) groups excluding carboxylic acids is 2. The van der Waals surface area contributed by atoms with Crippen molar-refractivity contribution in [3.8, 4) is 0 Å². The molecule has 2 atom stereocenters. The van der Waals surface area contributed by atoms with Crippen molar-refractivity contribution in [2.75, 3.05) is 13.2 Å². The maximum Gasteiger partial charge on any atom is 0.410 e. The number of ether oxygens (including phenoxy) is 2. The fourth-order valence-corrected chi connectivity index (χ4v) is 3.41. The summed E-state index contributed by atoms with van der Waals surface area (Å²) in [5.74, 6) is 0.129. The first-order chi connectivity index (χ1) is 15.1. The Morgan fingerprint density at radius 3 is 2.50 bits per heavy atom. The number of hydrogen-bond donors (Lipinski definition) is 1. The highest BCUT2D eigenvalue weighted by atomic mass is 16.6. The molecule has 0 heterocycles. The van der Waals surface area contributed by atoms with Crippen molar-refractivity contribution in [2.45, 2.75) is 59.2 Å². The van der Waals surface area contributed by atoms with Gasteiger partial charge in [-0.1, -0.05) is 75.4 Å². The molecule has 6 heteroatoms. The summed E-state index contributed by atoms with van der Waals surface area (Å²) in [6.45, 7) is 14.0. The second-order valence-corrected chi connectivity index (χ2v) is 9.02. The van der Waals surface area contributed by atoms with Crippen LogP contribution in [0, 0.1) is 5.92 Å². The van der Waals surface area contributed by atoms with Gasteiger partial charge in [0, 0.05) is 13.1 Å². The minimum atomic E-state index is -0.602. The van der Waals surface area contributed by atoms with Crippen molar-refractivity contribution >= 4 is 23.0 Å². The third-order valence-corrected chi connectivity index (χ3v) is 5.27. The zero-order valence-corrected chi connectivity index (χ0v) is 19.9. The number of rotatable bonds is 9. The number of hydrogen-bond acceptors (Lipinski definition) is 4. The van der Waals surface area contributed by atoms with Crippen LogP contribution < -0.4 is 5.32 Å². The molecule has 0 saturated carbocycles. The van der Waals surface area contributed by atoms with Crippen LogP contribution in [-0.4, -0.2) is 41.9 Å². The number of nitrogens with one attached hydrogen (secondary N) is 1. The molecular weight excluding hydrogens is 404 g/mol. The molecule has 6 nitrogen and oxygen atoms in total. The lowest BCUT2D eigenvalue weighted by Crippen LogP contribution is -2.50. The van der Waals surface area contributed by atoms with Crippen molar-refractivity contribution in [3.05, 3.63) is 60.7 Å². The first-order valence-corrected chi connectivity index (χ1v) is 11.1. The van der Waals surface area contributed by atoms with E-state index >= 15 is 0 Å². The van der Waals surface area contributed by atoms with Crippen LogP contribution >= 0.6 is 0 Å². The molecule has 2 rings (SSSR count). The summed E-state index contributed by atoms with van der Waals surface area (Å²) in [5, 5.41) is 5.14. The number of nitrogens with zero attached hydrogens (tertiary/aromatic N) is 1. The van der Waals surface area contributed by atoms with Gasteiger partial charge in [0.25, 0.3) is 0 Å². The Balaban J connectivity index is 2.29. The van der Waals surface area contributed by atoms with E-state index in [4.69, 9.17) is 9.47 Å². The van der Waals surface area contributed by atoms with Gasteiger partial charge >= 0.3 is 12.2 Å². The average molecular weight is 441 g/mol. The highest BCUT2D eigenvalue weighted by Crippen LogP contribution is 2.21. The van der Waals surface area contributed by atoms with E-state index in [2.05, 4.69) is 18.8 Å². The van der Waals surface area contributed by atoms with Crippen LogP contribution in [-0.2, 0) is 16.0 Å². The summed E-state index contributed by atoms with van der Waals surface area (Å²) in [5.41, 5.74) is 0.411. The van der Waals surface area contributed by atoms with Gasteiger partial charge in [-0.3, -0.25) is 0 Å². The van der Waals surface area contributed by atoms with E-state index in [0.717, 1.165) is 22.8 Å². The minimum absolute atomic E-state index is 0.123. The van der Waals surface area contributed by atoms with Crippen LogP contribution in [0.5, 0.6) is 0 Å². The molecule has 0 aromatic heterocycles. The standard InChI is InChI=1S/C26H36N2O4/c1-7-16-31-25(30)28(17-21-14-11-13-20-12-9-10-15-22(20)21)18-23(19(3)8-2)27-24(29)32-26(4,5)6/h7,9-15,19,23H,1,8,16-18H2,2-6H3,(H,27,29). The van der Waals surface area contributed by atoms with Crippen molar-refractivity contribution < 1.29 is 19.1 Å². The van der Waals surface area contributed by atoms with Gasteiger partial charge in [-0.05, 0) is 43.0 Å².